The van der Waals surface area contributed by atoms with E-state index in [0.29, 0.717) is 6.42 Å². The van der Waals surface area contributed by atoms with Crippen LogP contribution in [0.2, 0.25) is 0 Å². The van der Waals surface area contributed by atoms with E-state index in [2.05, 4.69) is 4.74 Å². The summed E-state index contributed by atoms with van der Waals surface area (Å²) in [6.45, 7) is 1.81. The van der Waals surface area contributed by atoms with Crippen molar-refractivity contribution in [3.8, 4) is 0 Å². The average Bonchev–Trinajstić information content (AvgIpc) is 2.50. The van der Waals surface area contributed by atoms with Crippen LogP contribution in [0, 0.1) is 0 Å². The fraction of sp³-hybridized carbons (Fsp3) is 0.333. The number of ketones is 1. The van der Waals surface area contributed by atoms with E-state index in [1.54, 1.807) is 13.0 Å². The number of allylic oxidation sites excluding steroid dienone is 3. The monoisotopic (exact) mass is 182 g/mol. The van der Waals surface area contributed by atoms with Gasteiger partial charge in [-0.15, -0.1) is 0 Å². The zero-order valence-electron chi connectivity index (χ0n) is 7.24. The van der Waals surface area contributed by atoms with Gasteiger partial charge in [0.1, 0.15) is 0 Å². The molecule has 1 N–H and O–H groups in total. The Morgan fingerprint density at radius 3 is 2.85 bits per heavy atom. The molecule has 0 saturated heterocycles. The van der Waals surface area contributed by atoms with Crippen molar-refractivity contribution in [1.29, 1.82) is 0 Å². The largest absolute Gasteiger partial charge is 0.502 e. The Labute approximate surface area is 75.5 Å². The minimum absolute atomic E-state index is 0.110. The van der Waals surface area contributed by atoms with Crippen molar-refractivity contribution in [3.05, 3.63) is 23.5 Å². The van der Waals surface area contributed by atoms with Crippen LogP contribution in [0.15, 0.2) is 23.5 Å². The van der Waals surface area contributed by atoms with Crippen LogP contribution in [0.5, 0.6) is 0 Å². The van der Waals surface area contributed by atoms with E-state index in [0.717, 1.165) is 0 Å². The van der Waals surface area contributed by atoms with Crippen molar-refractivity contribution in [2.45, 2.75) is 13.3 Å². The second-order valence-corrected chi connectivity index (χ2v) is 2.52. The molecule has 70 valence electrons. The average molecular weight is 182 g/mol. The van der Waals surface area contributed by atoms with Gasteiger partial charge in [0.2, 0.25) is 5.76 Å². The van der Waals surface area contributed by atoms with E-state index < -0.39 is 11.7 Å². The number of esters is 1. The fourth-order valence-corrected chi connectivity index (χ4v) is 1.02. The number of aliphatic hydroxyl groups excluding tert-OH is 1. The minimum atomic E-state index is -0.838. The molecule has 0 aromatic rings. The van der Waals surface area contributed by atoms with Crippen molar-refractivity contribution in [3.63, 3.8) is 0 Å². The van der Waals surface area contributed by atoms with E-state index in [1.807, 2.05) is 0 Å². The van der Waals surface area contributed by atoms with Gasteiger partial charge in [-0.25, -0.2) is 4.79 Å². The number of ether oxygens (including phenoxy) is 1. The van der Waals surface area contributed by atoms with Crippen LogP contribution in [0.3, 0.4) is 0 Å². The quantitative estimate of drug-likeness (QED) is 0.391. The predicted octanol–water partition coefficient (Wildman–Crippen LogP) is 0.891. The Morgan fingerprint density at radius 2 is 2.38 bits per heavy atom. The second kappa shape index (κ2) is 3.89. The molecule has 13 heavy (non-hydrogen) atoms. The number of carbonyl (C=O) groups excluding carboxylic acids is 2. The Hall–Kier alpha value is -1.58. The Kier molecular flexibility index (Phi) is 2.84. The van der Waals surface area contributed by atoms with Crippen molar-refractivity contribution in [2.75, 3.05) is 6.61 Å². The van der Waals surface area contributed by atoms with Crippen LogP contribution < -0.4 is 0 Å². The lowest BCUT2D eigenvalue weighted by atomic mass is 10.1. The van der Waals surface area contributed by atoms with Crippen LogP contribution >= 0.6 is 0 Å². The molecule has 1 rings (SSSR count). The summed E-state index contributed by atoms with van der Waals surface area (Å²) in [6, 6.07) is 0. The maximum atomic E-state index is 11.0. The summed E-state index contributed by atoms with van der Waals surface area (Å²) in [6.07, 6.45) is 3.21. The lowest BCUT2D eigenvalue weighted by molar-refractivity contribution is -0.141. The third-order valence-electron chi connectivity index (χ3n) is 1.64. The normalized spacial score (nSPS) is 19.0. The molecule has 0 atom stereocenters. The summed E-state index contributed by atoms with van der Waals surface area (Å²) in [5.41, 5.74) is 0.110. The molecule has 4 nitrogen and oxygen atoms in total. The number of rotatable bonds is 2. The molecule has 1 aliphatic carbocycles. The van der Waals surface area contributed by atoms with Gasteiger partial charge < -0.3 is 9.84 Å². The maximum absolute atomic E-state index is 11.0. The molecule has 0 spiro atoms. The molecule has 0 bridgehead atoms. The van der Waals surface area contributed by atoms with Crippen LogP contribution in [-0.4, -0.2) is 23.5 Å². The van der Waals surface area contributed by atoms with Gasteiger partial charge in [-0.05, 0) is 19.4 Å². The number of carbonyl (C=O) groups is 2. The highest BCUT2D eigenvalue weighted by Gasteiger charge is 2.21. The SMILES string of the molecule is CCOC(=O)/C(O)=C1/CC=CC1=O. The Balaban J connectivity index is 2.80. The number of hydrogen-bond acceptors (Lipinski definition) is 4. The predicted molar refractivity (Wildman–Crippen MR) is 45.1 cm³/mol. The molecule has 0 aliphatic heterocycles. The molecule has 0 fully saturated rings. The molecule has 1 aliphatic rings. The first-order valence-corrected chi connectivity index (χ1v) is 3.97. The van der Waals surface area contributed by atoms with E-state index in [4.69, 9.17) is 0 Å². The third kappa shape index (κ3) is 1.96. The summed E-state index contributed by atoms with van der Waals surface area (Å²) < 4.78 is 4.54. The van der Waals surface area contributed by atoms with Crippen molar-refractivity contribution in [1.82, 2.24) is 0 Å². The molecule has 0 unspecified atom stereocenters. The van der Waals surface area contributed by atoms with E-state index >= 15 is 0 Å². The van der Waals surface area contributed by atoms with Gasteiger partial charge in [-0.3, -0.25) is 4.79 Å². The summed E-state index contributed by atoms with van der Waals surface area (Å²) in [5, 5.41) is 9.26. The van der Waals surface area contributed by atoms with Crippen molar-refractivity contribution >= 4 is 11.8 Å². The molecule has 4 heteroatoms. The summed E-state index contributed by atoms with van der Waals surface area (Å²) in [5.74, 6) is -1.74. The molecular formula is C9H10O4. The minimum Gasteiger partial charge on any atom is -0.502 e. The smallest absolute Gasteiger partial charge is 0.373 e. The van der Waals surface area contributed by atoms with Crippen molar-refractivity contribution in [2.24, 2.45) is 0 Å². The third-order valence-corrected chi connectivity index (χ3v) is 1.64. The first-order valence-electron chi connectivity index (χ1n) is 3.97. The van der Waals surface area contributed by atoms with Gasteiger partial charge in [-0.1, -0.05) is 6.08 Å². The fourth-order valence-electron chi connectivity index (χ4n) is 1.02. The van der Waals surface area contributed by atoms with Gasteiger partial charge in [0.05, 0.1) is 12.2 Å². The zero-order chi connectivity index (χ0) is 9.84. The molecule has 0 saturated carbocycles. The molecule has 0 amide bonds. The summed E-state index contributed by atoms with van der Waals surface area (Å²) in [7, 11) is 0. The zero-order valence-corrected chi connectivity index (χ0v) is 7.24. The lowest BCUT2D eigenvalue weighted by Crippen LogP contribution is -2.11. The molecule has 0 heterocycles. The van der Waals surface area contributed by atoms with Crippen LogP contribution in [-0.2, 0) is 14.3 Å². The number of hydrogen-bond donors (Lipinski definition) is 1. The van der Waals surface area contributed by atoms with E-state index in [-0.39, 0.29) is 18.0 Å². The van der Waals surface area contributed by atoms with Crippen LogP contribution in [0.25, 0.3) is 0 Å². The van der Waals surface area contributed by atoms with Crippen molar-refractivity contribution < 1.29 is 19.4 Å². The highest BCUT2D eigenvalue weighted by atomic mass is 16.5. The lowest BCUT2D eigenvalue weighted by Gasteiger charge is -2.02. The molecular weight excluding hydrogens is 172 g/mol. The van der Waals surface area contributed by atoms with Gasteiger partial charge in [0.15, 0.2) is 5.78 Å². The first-order chi connectivity index (χ1) is 6.16. The molecule has 0 radical (unpaired) electrons. The van der Waals surface area contributed by atoms with Gasteiger partial charge in [0.25, 0.3) is 0 Å². The Morgan fingerprint density at radius 1 is 1.69 bits per heavy atom. The molecule has 0 aromatic carbocycles. The van der Waals surface area contributed by atoms with Gasteiger partial charge in [0, 0.05) is 0 Å². The highest BCUT2D eigenvalue weighted by Crippen LogP contribution is 2.16. The second-order valence-electron chi connectivity index (χ2n) is 2.52. The highest BCUT2D eigenvalue weighted by molar-refractivity contribution is 6.10. The Bertz CT molecular complexity index is 299. The topological polar surface area (TPSA) is 63.6 Å². The van der Waals surface area contributed by atoms with Crippen LogP contribution in [0.4, 0.5) is 0 Å². The first kappa shape index (κ1) is 9.51. The summed E-state index contributed by atoms with van der Waals surface area (Å²) in [4.78, 5) is 22.0. The van der Waals surface area contributed by atoms with E-state index in [1.165, 1.54) is 6.08 Å². The maximum Gasteiger partial charge on any atom is 0.373 e. The molecule has 0 aromatic heterocycles. The number of aliphatic hydroxyl groups is 1. The standard InChI is InChI=1S/C9H10O4/c1-2-13-9(12)8(11)6-4-3-5-7(6)10/h3,5,11H,2,4H2,1H3/b8-6+. The van der Waals surface area contributed by atoms with Gasteiger partial charge >= 0.3 is 5.97 Å². The van der Waals surface area contributed by atoms with E-state index in [9.17, 15) is 14.7 Å². The summed E-state index contributed by atoms with van der Waals surface area (Å²) >= 11 is 0. The van der Waals surface area contributed by atoms with Gasteiger partial charge in [-0.2, -0.15) is 0 Å². The van der Waals surface area contributed by atoms with Crippen LogP contribution in [0.1, 0.15) is 13.3 Å².